The van der Waals surface area contributed by atoms with Gasteiger partial charge in [0.1, 0.15) is 0 Å². The van der Waals surface area contributed by atoms with Crippen molar-refractivity contribution in [3.8, 4) is 0 Å². The first kappa shape index (κ1) is 16.3. The molecule has 0 bridgehead atoms. The van der Waals surface area contributed by atoms with E-state index in [1.807, 2.05) is 0 Å². The lowest BCUT2D eigenvalue weighted by Crippen LogP contribution is -2.17. The predicted octanol–water partition coefficient (Wildman–Crippen LogP) is 0.0739. The highest BCUT2D eigenvalue weighted by atomic mass is 16.4. The Morgan fingerprint density at radius 2 is 1.67 bits per heavy atom. The Hall–Kier alpha value is -1.14. The SMILES string of the molecule is CC(O)CCC(=O)O.CCC(O)C(=O)O. The Morgan fingerprint density at radius 3 is 1.73 bits per heavy atom. The van der Waals surface area contributed by atoms with E-state index in [-0.39, 0.29) is 12.8 Å². The van der Waals surface area contributed by atoms with Crippen LogP contribution in [0.25, 0.3) is 0 Å². The second-order valence-electron chi connectivity index (χ2n) is 3.04. The lowest BCUT2D eigenvalue weighted by molar-refractivity contribution is -0.146. The summed E-state index contributed by atoms with van der Waals surface area (Å²) in [5, 5.41) is 32.9. The third-order valence-corrected chi connectivity index (χ3v) is 1.45. The molecule has 0 heterocycles. The summed E-state index contributed by atoms with van der Waals surface area (Å²) in [6, 6.07) is 0. The summed E-state index contributed by atoms with van der Waals surface area (Å²) in [6.07, 6.45) is -1.01. The molecular formula is C9H18O6. The van der Waals surface area contributed by atoms with Gasteiger partial charge in [0.15, 0.2) is 6.10 Å². The summed E-state index contributed by atoms with van der Waals surface area (Å²) in [5.41, 5.74) is 0. The Bertz CT molecular complexity index is 189. The second-order valence-corrected chi connectivity index (χ2v) is 3.04. The smallest absolute Gasteiger partial charge is 0.332 e. The fourth-order valence-electron chi connectivity index (χ4n) is 0.507. The topological polar surface area (TPSA) is 115 Å². The number of aliphatic hydroxyl groups is 2. The normalized spacial score (nSPS) is 13.3. The number of carboxylic acid groups (broad SMARTS) is 2. The predicted molar refractivity (Wildman–Crippen MR) is 52.5 cm³/mol. The first-order valence-corrected chi connectivity index (χ1v) is 4.62. The van der Waals surface area contributed by atoms with Gasteiger partial charge in [-0.2, -0.15) is 0 Å². The highest BCUT2D eigenvalue weighted by molar-refractivity contribution is 5.71. The Labute approximate surface area is 88.2 Å². The van der Waals surface area contributed by atoms with E-state index < -0.39 is 24.1 Å². The van der Waals surface area contributed by atoms with Crippen LogP contribution in [0.1, 0.15) is 33.1 Å². The summed E-state index contributed by atoms with van der Waals surface area (Å²) in [5.74, 6) is -2.01. The van der Waals surface area contributed by atoms with Crippen molar-refractivity contribution in [1.29, 1.82) is 0 Å². The Balaban J connectivity index is 0. The first-order chi connectivity index (χ1) is 6.81. The van der Waals surface area contributed by atoms with Crippen LogP contribution in [-0.4, -0.2) is 44.6 Å². The van der Waals surface area contributed by atoms with E-state index >= 15 is 0 Å². The molecule has 4 N–H and O–H groups in total. The maximum atomic E-state index is 9.79. The van der Waals surface area contributed by atoms with Crippen LogP contribution in [0.5, 0.6) is 0 Å². The van der Waals surface area contributed by atoms with Crippen LogP contribution in [0.2, 0.25) is 0 Å². The fourth-order valence-corrected chi connectivity index (χ4v) is 0.507. The molecule has 0 aliphatic rings. The Morgan fingerprint density at radius 1 is 1.20 bits per heavy atom. The molecular weight excluding hydrogens is 204 g/mol. The van der Waals surface area contributed by atoms with Gasteiger partial charge in [-0.3, -0.25) is 4.79 Å². The minimum Gasteiger partial charge on any atom is -0.481 e. The molecule has 2 unspecified atom stereocenters. The van der Waals surface area contributed by atoms with Crippen molar-refractivity contribution in [1.82, 2.24) is 0 Å². The molecule has 0 spiro atoms. The lowest BCUT2D eigenvalue weighted by Gasteiger charge is -1.97. The largest absolute Gasteiger partial charge is 0.481 e. The van der Waals surface area contributed by atoms with Gasteiger partial charge >= 0.3 is 11.9 Å². The molecule has 0 aliphatic heterocycles. The molecule has 6 heteroatoms. The molecule has 0 rings (SSSR count). The van der Waals surface area contributed by atoms with Crippen molar-refractivity contribution < 1.29 is 30.0 Å². The van der Waals surface area contributed by atoms with Gasteiger partial charge in [0.05, 0.1) is 6.10 Å². The molecule has 0 aromatic heterocycles. The van der Waals surface area contributed by atoms with E-state index in [4.69, 9.17) is 20.4 Å². The minimum atomic E-state index is -1.18. The van der Waals surface area contributed by atoms with E-state index in [0.717, 1.165) is 0 Å². The third-order valence-electron chi connectivity index (χ3n) is 1.45. The molecule has 0 fully saturated rings. The monoisotopic (exact) mass is 222 g/mol. The minimum absolute atomic E-state index is 0.0532. The van der Waals surface area contributed by atoms with E-state index in [9.17, 15) is 9.59 Å². The van der Waals surface area contributed by atoms with Crippen LogP contribution >= 0.6 is 0 Å². The number of carboxylic acids is 2. The molecule has 0 saturated heterocycles. The molecule has 90 valence electrons. The number of aliphatic carboxylic acids is 2. The van der Waals surface area contributed by atoms with Crippen molar-refractivity contribution in [3.05, 3.63) is 0 Å². The summed E-state index contributed by atoms with van der Waals surface area (Å²) < 4.78 is 0. The lowest BCUT2D eigenvalue weighted by atomic mass is 10.2. The number of aliphatic hydroxyl groups excluding tert-OH is 2. The molecule has 0 radical (unpaired) electrons. The van der Waals surface area contributed by atoms with Crippen molar-refractivity contribution in [3.63, 3.8) is 0 Å². The zero-order valence-corrected chi connectivity index (χ0v) is 8.88. The van der Waals surface area contributed by atoms with Crippen LogP contribution in [0.4, 0.5) is 0 Å². The van der Waals surface area contributed by atoms with Crippen molar-refractivity contribution in [2.45, 2.75) is 45.3 Å². The van der Waals surface area contributed by atoms with Crippen LogP contribution < -0.4 is 0 Å². The summed E-state index contributed by atoms with van der Waals surface area (Å²) >= 11 is 0. The average Bonchev–Trinajstić information content (AvgIpc) is 2.14. The maximum Gasteiger partial charge on any atom is 0.332 e. The highest BCUT2D eigenvalue weighted by Crippen LogP contribution is 1.93. The van der Waals surface area contributed by atoms with Gasteiger partial charge in [-0.25, -0.2) is 4.79 Å². The number of carbonyl (C=O) groups is 2. The van der Waals surface area contributed by atoms with E-state index in [2.05, 4.69) is 0 Å². The zero-order valence-electron chi connectivity index (χ0n) is 8.88. The van der Waals surface area contributed by atoms with Crippen molar-refractivity contribution >= 4 is 11.9 Å². The second kappa shape index (κ2) is 9.42. The Kier molecular flexibility index (Phi) is 10.2. The van der Waals surface area contributed by atoms with Crippen LogP contribution in [0, 0.1) is 0 Å². The van der Waals surface area contributed by atoms with Gasteiger partial charge < -0.3 is 20.4 Å². The van der Waals surface area contributed by atoms with E-state index in [1.165, 1.54) is 0 Å². The van der Waals surface area contributed by atoms with Gasteiger partial charge in [-0.15, -0.1) is 0 Å². The molecule has 6 nitrogen and oxygen atoms in total. The highest BCUT2D eigenvalue weighted by Gasteiger charge is 2.07. The van der Waals surface area contributed by atoms with Crippen LogP contribution in [0.15, 0.2) is 0 Å². The first-order valence-electron chi connectivity index (χ1n) is 4.62. The molecule has 0 saturated carbocycles. The maximum absolute atomic E-state index is 9.79. The van der Waals surface area contributed by atoms with Gasteiger partial charge in [-0.1, -0.05) is 6.92 Å². The summed E-state index contributed by atoms with van der Waals surface area (Å²) in [7, 11) is 0. The molecule has 2 atom stereocenters. The zero-order chi connectivity index (χ0) is 12.4. The standard InChI is InChI=1S/C5H10O3.C4H8O3/c1-4(6)2-3-5(7)8;1-2-3(5)4(6)7/h4,6H,2-3H2,1H3,(H,7,8);3,5H,2H2,1H3,(H,6,7). The average molecular weight is 222 g/mol. The molecule has 15 heavy (non-hydrogen) atoms. The molecule has 0 aromatic carbocycles. The fraction of sp³-hybridized carbons (Fsp3) is 0.778. The summed E-state index contributed by atoms with van der Waals surface area (Å²) in [6.45, 7) is 3.18. The van der Waals surface area contributed by atoms with Gasteiger partial charge in [0.25, 0.3) is 0 Å². The number of hydrogen-bond donors (Lipinski definition) is 4. The summed E-state index contributed by atoms with van der Waals surface area (Å²) in [4.78, 5) is 19.5. The van der Waals surface area contributed by atoms with Gasteiger partial charge in [0.2, 0.25) is 0 Å². The quantitative estimate of drug-likeness (QED) is 0.523. The third kappa shape index (κ3) is 15.6. The van der Waals surface area contributed by atoms with Crippen LogP contribution in [-0.2, 0) is 9.59 Å². The van der Waals surface area contributed by atoms with Gasteiger partial charge in [0, 0.05) is 6.42 Å². The molecule has 0 amide bonds. The van der Waals surface area contributed by atoms with Crippen molar-refractivity contribution in [2.24, 2.45) is 0 Å². The van der Waals surface area contributed by atoms with Crippen molar-refractivity contribution in [2.75, 3.05) is 0 Å². The van der Waals surface area contributed by atoms with Gasteiger partial charge in [-0.05, 0) is 19.8 Å². The van der Waals surface area contributed by atoms with E-state index in [1.54, 1.807) is 13.8 Å². The number of hydrogen-bond acceptors (Lipinski definition) is 4. The molecule has 0 aromatic rings. The number of rotatable bonds is 5. The van der Waals surface area contributed by atoms with E-state index in [0.29, 0.717) is 6.42 Å². The molecule has 0 aliphatic carbocycles. The van der Waals surface area contributed by atoms with Crippen LogP contribution in [0.3, 0.4) is 0 Å².